The lowest BCUT2D eigenvalue weighted by Crippen LogP contribution is -2.41. The van der Waals surface area contributed by atoms with Crippen LogP contribution in [-0.4, -0.2) is 18.3 Å². The minimum absolute atomic E-state index is 0.457. The maximum absolute atomic E-state index is 6.58. The molecule has 0 bridgehead atoms. The minimum atomic E-state index is -0.525. The first-order valence-corrected chi connectivity index (χ1v) is 13.4. The molecular weight excluding hydrogens is 483 g/mol. The lowest BCUT2D eigenvalue weighted by Gasteiger charge is -2.32. The molecule has 1 fully saturated rings. The lowest BCUT2D eigenvalue weighted by molar-refractivity contribution is 0.00578. The van der Waals surface area contributed by atoms with E-state index in [4.69, 9.17) is 18.1 Å². The molecule has 7 aromatic rings. The summed E-state index contributed by atoms with van der Waals surface area (Å²) in [6.07, 6.45) is 0. The molecule has 0 radical (unpaired) electrons. The summed E-state index contributed by atoms with van der Waals surface area (Å²) in [5.74, 6) is 0. The van der Waals surface area contributed by atoms with Crippen LogP contribution in [0.4, 0.5) is 0 Å². The van der Waals surface area contributed by atoms with Gasteiger partial charge in [-0.25, -0.2) is 0 Å². The Kier molecular flexibility index (Phi) is 4.55. The number of rotatable bonds is 2. The van der Waals surface area contributed by atoms with Gasteiger partial charge in [0.2, 0.25) is 0 Å². The second-order valence-corrected chi connectivity index (χ2v) is 11.6. The Labute approximate surface area is 226 Å². The molecule has 5 aromatic carbocycles. The summed E-state index contributed by atoms with van der Waals surface area (Å²) in [7, 11) is -0.525. The molecule has 0 atom stereocenters. The zero-order valence-electron chi connectivity index (χ0n) is 22.4. The second-order valence-electron chi connectivity index (χ2n) is 11.6. The monoisotopic (exact) mass is 510 g/mol. The summed E-state index contributed by atoms with van der Waals surface area (Å²) >= 11 is 0. The van der Waals surface area contributed by atoms with E-state index in [0.29, 0.717) is 0 Å². The van der Waals surface area contributed by atoms with Crippen LogP contribution in [0.1, 0.15) is 27.7 Å². The average Bonchev–Trinajstić information content (AvgIpc) is 3.54. The highest BCUT2D eigenvalue weighted by Crippen LogP contribution is 2.42. The van der Waals surface area contributed by atoms with E-state index < -0.39 is 18.3 Å². The minimum Gasteiger partial charge on any atom is -0.456 e. The number of hydrogen-bond acceptors (Lipinski definition) is 4. The number of para-hydroxylation sites is 1. The summed E-state index contributed by atoms with van der Waals surface area (Å²) in [6, 6.07) is 31.5. The Morgan fingerprint density at radius 3 is 2.00 bits per heavy atom. The van der Waals surface area contributed by atoms with Crippen LogP contribution in [0.2, 0.25) is 0 Å². The summed E-state index contributed by atoms with van der Waals surface area (Å²) in [4.78, 5) is 0. The highest BCUT2D eigenvalue weighted by Gasteiger charge is 2.52. The van der Waals surface area contributed by atoms with E-state index in [0.717, 1.165) is 65.9 Å². The smallest absolute Gasteiger partial charge is 0.456 e. The fraction of sp³-hybridized carbons (Fsp3) is 0.176. The number of fused-ring (bicyclic) bond motifs is 7. The fourth-order valence-corrected chi connectivity index (χ4v) is 5.95. The molecule has 4 nitrogen and oxygen atoms in total. The van der Waals surface area contributed by atoms with Crippen LogP contribution in [0.25, 0.3) is 65.8 Å². The number of hydrogen-bond donors (Lipinski definition) is 0. The van der Waals surface area contributed by atoms with Crippen molar-refractivity contribution in [2.45, 2.75) is 38.9 Å². The van der Waals surface area contributed by atoms with Gasteiger partial charge in [0, 0.05) is 21.5 Å². The molecule has 190 valence electrons. The molecule has 3 heterocycles. The lowest BCUT2D eigenvalue weighted by atomic mass is 9.75. The van der Waals surface area contributed by atoms with Crippen molar-refractivity contribution in [1.29, 1.82) is 0 Å². The topological polar surface area (TPSA) is 44.7 Å². The first-order valence-electron chi connectivity index (χ1n) is 13.4. The van der Waals surface area contributed by atoms with Gasteiger partial charge in [0.15, 0.2) is 0 Å². The zero-order valence-corrected chi connectivity index (χ0v) is 22.4. The van der Waals surface area contributed by atoms with Crippen molar-refractivity contribution in [2.24, 2.45) is 0 Å². The summed E-state index contributed by atoms with van der Waals surface area (Å²) in [6.45, 7) is 8.35. The Balaban J connectivity index is 1.43. The molecule has 1 saturated heterocycles. The molecule has 5 heteroatoms. The third-order valence-electron chi connectivity index (χ3n) is 8.69. The predicted molar refractivity (Wildman–Crippen MR) is 160 cm³/mol. The molecule has 1 aliphatic rings. The molecule has 0 aliphatic carbocycles. The molecule has 0 N–H and O–H groups in total. The summed E-state index contributed by atoms with van der Waals surface area (Å²) in [5.41, 5.74) is 5.58. The largest absolute Gasteiger partial charge is 0.495 e. The van der Waals surface area contributed by atoms with Crippen molar-refractivity contribution in [1.82, 2.24) is 0 Å². The average molecular weight is 510 g/mol. The van der Waals surface area contributed by atoms with Gasteiger partial charge < -0.3 is 18.1 Å². The van der Waals surface area contributed by atoms with E-state index in [1.165, 1.54) is 5.39 Å². The molecule has 0 spiro atoms. The maximum atomic E-state index is 6.58. The Morgan fingerprint density at radius 2 is 1.21 bits per heavy atom. The van der Waals surface area contributed by atoms with Crippen molar-refractivity contribution in [3.05, 3.63) is 91.0 Å². The number of furan rings is 2. The molecule has 0 unspecified atom stereocenters. The first-order chi connectivity index (χ1) is 18.8. The summed E-state index contributed by atoms with van der Waals surface area (Å²) < 4.78 is 25.9. The molecule has 39 heavy (non-hydrogen) atoms. The van der Waals surface area contributed by atoms with Crippen molar-refractivity contribution in [3.63, 3.8) is 0 Å². The highest BCUT2D eigenvalue weighted by molar-refractivity contribution is 6.66. The van der Waals surface area contributed by atoms with Gasteiger partial charge in [0.05, 0.1) is 11.2 Å². The van der Waals surface area contributed by atoms with Crippen LogP contribution in [-0.2, 0) is 9.31 Å². The zero-order chi connectivity index (χ0) is 26.5. The number of benzene rings is 5. The van der Waals surface area contributed by atoms with Crippen molar-refractivity contribution in [3.8, 4) is 11.1 Å². The van der Waals surface area contributed by atoms with Gasteiger partial charge in [-0.05, 0) is 85.4 Å². The summed E-state index contributed by atoms with van der Waals surface area (Å²) in [5, 5.41) is 6.63. The molecule has 8 rings (SSSR count). The van der Waals surface area contributed by atoms with Crippen LogP contribution in [0, 0.1) is 0 Å². The van der Waals surface area contributed by atoms with E-state index in [1.54, 1.807) is 0 Å². The van der Waals surface area contributed by atoms with Crippen LogP contribution in [0.5, 0.6) is 0 Å². The maximum Gasteiger partial charge on any atom is 0.495 e. The highest BCUT2D eigenvalue weighted by atomic mass is 16.7. The van der Waals surface area contributed by atoms with Gasteiger partial charge in [-0.15, -0.1) is 0 Å². The van der Waals surface area contributed by atoms with Crippen molar-refractivity contribution < 1.29 is 18.1 Å². The third kappa shape index (κ3) is 3.27. The van der Waals surface area contributed by atoms with Gasteiger partial charge in [-0.2, -0.15) is 0 Å². The van der Waals surface area contributed by atoms with Gasteiger partial charge >= 0.3 is 7.12 Å². The van der Waals surface area contributed by atoms with Gasteiger partial charge in [0.1, 0.15) is 22.3 Å². The molecule has 2 aromatic heterocycles. The SMILES string of the molecule is CC1(C)OB(c2cc(-c3cccc4oc5cc6ccccc6cc5c34)cc3oc4ccccc4c23)OC1(C)C. The Morgan fingerprint density at radius 1 is 0.538 bits per heavy atom. The van der Waals surface area contributed by atoms with Gasteiger partial charge in [-0.1, -0.05) is 60.7 Å². The van der Waals surface area contributed by atoms with E-state index in [1.807, 2.05) is 24.3 Å². The van der Waals surface area contributed by atoms with Crippen LogP contribution in [0.15, 0.2) is 99.8 Å². The van der Waals surface area contributed by atoms with Crippen molar-refractivity contribution in [2.75, 3.05) is 0 Å². The normalized spacial score (nSPS) is 16.9. The Bertz CT molecular complexity index is 2080. The molecule has 0 amide bonds. The quantitative estimate of drug-likeness (QED) is 0.219. The Hall–Kier alpha value is -4.06. The van der Waals surface area contributed by atoms with Gasteiger partial charge in [-0.3, -0.25) is 0 Å². The third-order valence-corrected chi connectivity index (χ3v) is 8.69. The van der Waals surface area contributed by atoms with E-state index in [9.17, 15) is 0 Å². The molecule has 1 aliphatic heterocycles. The van der Waals surface area contributed by atoms with Crippen LogP contribution in [0.3, 0.4) is 0 Å². The van der Waals surface area contributed by atoms with E-state index in [2.05, 4.69) is 94.4 Å². The fourth-order valence-electron chi connectivity index (χ4n) is 5.95. The predicted octanol–water partition coefficient (Wildman–Crippen LogP) is 8.60. The molecule has 0 saturated carbocycles. The van der Waals surface area contributed by atoms with E-state index >= 15 is 0 Å². The first kappa shape index (κ1) is 22.9. The van der Waals surface area contributed by atoms with Crippen LogP contribution < -0.4 is 5.46 Å². The molecular formula is C34H27BO4. The standard InChI is InChI=1S/C34H27BO4/c1-33(2)34(3,4)39-35(38-33)26-17-22(19-30-32(26)24-12-7-8-14-27(24)36-30)23-13-9-15-28-31(23)25-16-20-10-5-6-11-21(20)18-29(25)37-28/h5-19H,1-4H3. The second kappa shape index (κ2) is 7.75. The van der Waals surface area contributed by atoms with Gasteiger partial charge in [0.25, 0.3) is 0 Å². The van der Waals surface area contributed by atoms with Crippen molar-refractivity contribution >= 4 is 67.2 Å². The van der Waals surface area contributed by atoms with E-state index in [-0.39, 0.29) is 0 Å². The van der Waals surface area contributed by atoms with Crippen LogP contribution >= 0.6 is 0 Å².